The molecule has 0 saturated heterocycles. The summed E-state index contributed by atoms with van der Waals surface area (Å²) in [7, 11) is 0. The predicted molar refractivity (Wildman–Crippen MR) is 71.6 cm³/mol. The van der Waals surface area contributed by atoms with E-state index in [-0.39, 0.29) is 11.6 Å². The second-order valence-corrected chi connectivity index (χ2v) is 4.60. The SMILES string of the molecule is N#Cc1ccc(Cn2cc(Cl)c(=O)[nH]c2=O)c(Cl)c1. The molecule has 0 aliphatic rings. The third kappa shape index (κ3) is 2.87. The molecule has 1 aromatic carbocycles. The molecule has 1 aromatic heterocycles. The van der Waals surface area contributed by atoms with Crippen LogP contribution in [0, 0.1) is 11.3 Å². The van der Waals surface area contributed by atoms with Crippen molar-refractivity contribution in [3.63, 3.8) is 0 Å². The molecule has 5 nitrogen and oxygen atoms in total. The first-order valence-electron chi connectivity index (χ1n) is 5.19. The molecule has 0 radical (unpaired) electrons. The van der Waals surface area contributed by atoms with E-state index in [0.717, 1.165) is 0 Å². The maximum Gasteiger partial charge on any atom is 0.328 e. The third-order valence-electron chi connectivity index (χ3n) is 2.49. The number of benzene rings is 1. The highest BCUT2D eigenvalue weighted by atomic mass is 35.5. The monoisotopic (exact) mass is 295 g/mol. The molecule has 0 saturated carbocycles. The number of nitrogens with one attached hydrogen (secondary N) is 1. The van der Waals surface area contributed by atoms with E-state index in [2.05, 4.69) is 4.98 Å². The molecule has 0 aliphatic heterocycles. The van der Waals surface area contributed by atoms with Crippen molar-refractivity contribution in [2.45, 2.75) is 6.54 Å². The number of nitrogens with zero attached hydrogens (tertiary/aromatic N) is 2. The predicted octanol–water partition coefficient (Wildman–Crippen LogP) is 1.76. The molecule has 2 aromatic rings. The van der Waals surface area contributed by atoms with Gasteiger partial charge in [-0.2, -0.15) is 5.26 Å². The van der Waals surface area contributed by atoms with Crippen LogP contribution in [0.25, 0.3) is 0 Å². The topological polar surface area (TPSA) is 78.7 Å². The summed E-state index contributed by atoms with van der Waals surface area (Å²) in [6.45, 7) is 0.153. The van der Waals surface area contributed by atoms with Crippen LogP contribution in [0.1, 0.15) is 11.1 Å². The molecule has 19 heavy (non-hydrogen) atoms. The zero-order valence-corrected chi connectivity index (χ0v) is 11.0. The fraction of sp³-hybridized carbons (Fsp3) is 0.0833. The number of H-pyrrole nitrogens is 1. The Kier molecular flexibility index (Phi) is 3.74. The van der Waals surface area contributed by atoms with E-state index in [9.17, 15) is 9.59 Å². The summed E-state index contributed by atoms with van der Waals surface area (Å²) in [4.78, 5) is 24.8. The average molecular weight is 296 g/mol. The molecular formula is C12H7Cl2N3O2. The van der Waals surface area contributed by atoms with Gasteiger partial charge in [0.25, 0.3) is 5.56 Å². The molecule has 2 rings (SSSR count). The van der Waals surface area contributed by atoms with Crippen molar-refractivity contribution in [1.29, 1.82) is 5.26 Å². The summed E-state index contributed by atoms with van der Waals surface area (Å²) < 4.78 is 1.23. The largest absolute Gasteiger partial charge is 0.328 e. The van der Waals surface area contributed by atoms with Gasteiger partial charge in [0.05, 0.1) is 18.2 Å². The third-order valence-corrected chi connectivity index (χ3v) is 3.11. The summed E-state index contributed by atoms with van der Waals surface area (Å²) >= 11 is 11.7. The van der Waals surface area contributed by atoms with Crippen LogP contribution < -0.4 is 11.2 Å². The molecular weight excluding hydrogens is 289 g/mol. The van der Waals surface area contributed by atoms with Gasteiger partial charge in [0.1, 0.15) is 5.02 Å². The first kappa shape index (κ1) is 13.4. The van der Waals surface area contributed by atoms with Crippen molar-refractivity contribution in [3.05, 3.63) is 66.4 Å². The Morgan fingerprint density at radius 1 is 1.26 bits per heavy atom. The zero-order chi connectivity index (χ0) is 14.0. The van der Waals surface area contributed by atoms with Crippen LogP contribution in [0.2, 0.25) is 10.0 Å². The van der Waals surface area contributed by atoms with Gasteiger partial charge in [-0.25, -0.2) is 4.79 Å². The second-order valence-electron chi connectivity index (χ2n) is 3.78. The number of hydrogen-bond donors (Lipinski definition) is 1. The maximum absolute atomic E-state index is 11.6. The van der Waals surface area contributed by atoms with E-state index in [1.165, 1.54) is 16.8 Å². The van der Waals surface area contributed by atoms with E-state index >= 15 is 0 Å². The number of rotatable bonds is 2. The molecule has 0 unspecified atom stereocenters. The highest BCUT2D eigenvalue weighted by Gasteiger charge is 2.06. The van der Waals surface area contributed by atoms with Gasteiger partial charge < -0.3 is 0 Å². The summed E-state index contributed by atoms with van der Waals surface area (Å²) in [6, 6.07) is 6.72. The van der Waals surface area contributed by atoms with Crippen molar-refractivity contribution in [2.75, 3.05) is 0 Å². The smallest absolute Gasteiger partial charge is 0.295 e. The molecule has 0 spiro atoms. The van der Waals surface area contributed by atoms with E-state index in [1.807, 2.05) is 6.07 Å². The van der Waals surface area contributed by atoms with Crippen LogP contribution in [0.4, 0.5) is 0 Å². The van der Waals surface area contributed by atoms with Gasteiger partial charge in [0.15, 0.2) is 0 Å². The lowest BCUT2D eigenvalue weighted by Crippen LogP contribution is -2.30. The highest BCUT2D eigenvalue weighted by molar-refractivity contribution is 6.31. The summed E-state index contributed by atoms with van der Waals surface area (Å²) in [5, 5.41) is 9.02. The first-order valence-corrected chi connectivity index (χ1v) is 5.94. The number of halogens is 2. The lowest BCUT2D eigenvalue weighted by molar-refractivity contribution is 0.721. The quantitative estimate of drug-likeness (QED) is 0.917. The van der Waals surface area contributed by atoms with E-state index in [1.54, 1.807) is 12.1 Å². The van der Waals surface area contributed by atoms with Crippen LogP contribution in [-0.2, 0) is 6.54 Å². The Morgan fingerprint density at radius 2 is 2.00 bits per heavy atom. The van der Waals surface area contributed by atoms with Gasteiger partial charge in [0, 0.05) is 11.2 Å². The lowest BCUT2D eigenvalue weighted by Gasteiger charge is -2.07. The number of aromatic nitrogens is 2. The standard InChI is InChI=1S/C12H7Cl2N3O2/c13-9-3-7(4-15)1-2-8(9)5-17-6-10(14)11(18)16-12(17)19/h1-3,6H,5H2,(H,16,18,19). The van der Waals surface area contributed by atoms with Crippen LogP contribution >= 0.6 is 23.2 Å². The molecule has 0 atom stereocenters. The van der Waals surface area contributed by atoms with Crippen LogP contribution in [0.5, 0.6) is 0 Å². The Hall–Kier alpha value is -2.03. The number of nitriles is 1. The maximum atomic E-state index is 11.6. The Labute approximate surface area is 117 Å². The molecule has 0 bridgehead atoms. The Bertz CT molecular complexity index is 787. The van der Waals surface area contributed by atoms with Gasteiger partial charge >= 0.3 is 5.69 Å². The van der Waals surface area contributed by atoms with E-state index < -0.39 is 11.2 Å². The summed E-state index contributed by atoms with van der Waals surface area (Å²) in [5.74, 6) is 0. The molecule has 0 fully saturated rings. The number of hydrogen-bond acceptors (Lipinski definition) is 3. The summed E-state index contributed by atoms with van der Waals surface area (Å²) in [5.41, 5.74) is -0.129. The second kappa shape index (κ2) is 5.31. The van der Waals surface area contributed by atoms with Crippen LogP contribution in [0.3, 0.4) is 0 Å². The molecule has 96 valence electrons. The van der Waals surface area contributed by atoms with Crippen molar-refractivity contribution < 1.29 is 0 Å². The lowest BCUT2D eigenvalue weighted by atomic mass is 10.1. The fourth-order valence-corrected chi connectivity index (χ4v) is 1.93. The number of aromatic amines is 1. The van der Waals surface area contributed by atoms with Gasteiger partial charge in [-0.3, -0.25) is 14.3 Å². The van der Waals surface area contributed by atoms with Crippen molar-refractivity contribution in [1.82, 2.24) is 9.55 Å². The van der Waals surface area contributed by atoms with Crippen molar-refractivity contribution in [3.8, 4) is 6.07 Å². The minimum Gasteiger partial charge on any atom is -0.295 e. The van der Waals surface area contributed by atoms with Crippen LogP contribution in [0.15, 0.2) is 34.0 Å². The van der Waals surface area contributed by atoms with Crippen LogP contribution in [-0.4, -0.2) is 9.55 Å². The molecule has 0 aliphatic carbocycles. The average Bonchev–Trinajstić information content (AvgIpc) is 2.38. The first-order chi connectivity index (χ1) is 9.01. The van der Waals surface area contributed by atoms with E-state index in [0.29, 0.717) is 16.1 Å². The molecule has 1 heterocycles. The molecule has 1 N–H and O–H groups in total. The highest BCUT2D eigenvalue weighted by Crippen LogP contribution is 2.18. The van der Waals surface area contributed by atoms with Gasteiger partial charge in [-0.15, -0.1) is 0 Å². The normalized spacial score (nSPS) is 10.2. The van der Waals surface area contributed by atoms with Gasteiger partial charge in [0.2, 0.25) is 0 Å². The van der Waals surface area contributed by atoms with Gasteiger partial charge in [-0.1, -0.05) is 29.3 Å². The van der Waals surface area contributed by atoms with Gasteiger partial charge in [-0.05, 0) is 17.7 Å². The molecule has 7 heteroatoms. The Balaban J connectivity index is 2.42. The Morgan fingerprint density at radius 3 is 2.63 bits per heavy atom. The van der Waals surface area contributed by atoms with Crippen molar-refractivity contribution >= 4 is 23.2 Å². The summed E-state index contributed by atoms with van der Waals surface area (Å²) in [6.07, 6.45) is 1.25. The fourth-order valence-electron chi connectivity index (χ4n) is 1.53. The van der Waals surface area contributed by atoms with Crippen molar-refractivity contribution in [2.24, 2.45) is 0 Å². The minimum absolute atomic E-state index is 0.0793. The van der Waals surface area contributed by atoms with E-state index in [4.69, 9.17) is 28.5 Å². The molecule has 0 amide bonds. The minimum atomic E-state index is -0.631. The zero-order valence-electron chi connectivity index (χ0n) is 9.48.